The Kier molecular flexibility index (Phi) is 8.53. The average Bonchev–Trinajstić information content (AvgIpc) is 3.93. The predicted octanol–water partition coefficient (Wildman–Crippen LogP) is 17.5. The molecule has 13 rings (SSSR count). The Morgan fingerprint density at radius 1 is 0.308 bits per heavy atom. The van der Waals surface area contributed by atoms with Gasteiger partial charge in [0, 0.05) is 55.0 Å². The topological polar surface area (TPSA) is 21.3 Å². The van der Waals surface area contributed by atoms with E-state index in [9.17, 15) is 0 Å². The van der Waals surface area contributed by atoms with Gasteiger partial charge in [-0.1, -0.05) is 188 Å². The SMILES string of the molecule is c1cc(-c2cccc3ccccc23)cc(N(c2ccc(-c3ccccc3-n3c4ccccc4c4ccccc43)cc2)c2ccccc2-c2cccc3c2oc2c4ccccc4ccc32)c1. The Morgan fingerprint density at radius 3 is 1.66 bits per heavy atom. The van der Waals surface area contributed by atoms with Gasteiger partial charge in [0.15, 0.2) is 0 Å². The van der Waals surface area contributed by atoms with Crippen LogP contribution < -0.4 is 4.90 Å². The molecule has 0 spiro atoms. The molecule has 2 heterocycles. The summed E-state index contributed by atoms with van der Waals surface area (Å²) in [6, 6.07) is 87.6. The zero-order valence-corrected chi connectivity index (χ0v) is 35.4. The zero-order chi connectivity index (χ0) is 42.8. The van der Waals surface area contributed by atoms with Crippen LogP contribution in [0.15, 0.2) is 247 Å². The number of rotatable bonds is 7. The highest BCUT2D eigenvalue weighted by Gasteiger charge is 2.22. The molecule has 0 bridgehead atoms. The molecule has 2 aromatic heterocycles. The third kappa shape index (κ3) is 5.97. The molecule has 0 amide bonds. The van der Waals surface area contributed by atoms with Gasteiger partial charge in [-0.2, -0.15) is 0 Å². The van der Waals surface area contributed by atoms with E-state index in [0.29, 0.717) is 0 Å². The van der Waals surface area contributed by atoms with Gasteiger partial charge in [0.25, 0.3) is 0 Å². The van der Waals surface area contributed by atoms with Gasteiger partial charge in [-0.15, -0.1) is 0 Å². The molecule has 0 saturated carbocycles. The first-order valence-electron chi connectivity index (χ1n) is 22.3. The van der Waals surface area contributed by atoms with E-state index in [-0.39, 0.29) is 0 Å². The van der Waals surface area contributed by atoms with Gasteiger partial charge in [0.2, 0.25) is 0 Å². The molecule has 0 aliphatic heterocycles. The standard InChI is InChI=1S/C62H40N2O/c1-3-21-47-41(16-1)18-14-27-48(47)44-19-13-20-46(40-44)63(58-31-10-8-26-53(58)54-28-15-29-55-56-39-36-42-17-2-4-23-50(42)61(56)65-62(54)55)45-37-34-43(35-38-45)49-22-5-9-30-57(49)64-59-32-11-6-24-51(59)52-25-7-12-33-60(52)64/h1-40H. The lowest BCUT2D eigenvalue weighted by atomic mass is 9.96. The van der Waals surface area contributed by atoms with Gasteiger partial charge in [0.05, 0.1) is 22.4 Å². The lowest BCUT2D eigenvalue weighted by Crippen LogP contribution is -2.11. The van der Waals surface area contributed by atoms with E-state index < -0.39 is 0 Å². The molecule has 0 aliphatic rings. The van der Waals surface area contributed by atoms with Crippen LogP contribution in [0.4, 0.5) is 17.1 Å². The van der Waals surface area contributed by atoms with Crippen LogP contribution in [0.1, 0.15) is 0 Å². The molecular weight excluding hydrogens is 789 g/mol. The van der Waals surface area contributed by atoms with Gasteiger partial charge in [-0.3, -0.25) is 0 Å². The number of hydrogen-bond acceptors (Lipinski definition) is 2. The Balaban J connectivity index is 0.999. The average molecular weight is 829 g/mol. The number of aromatic nitrogens is 1. The molecule has 65 heavy (non-hydrogen) atoms. The fourth-order valence-electron chi connectivity index (χ4n) is 10.2. The fraction of sp³-hybridized carbons (Fsp3) is 0. The summed E-state index contributed by atoms with van der Waals surface area (Å²) in [6.07, 6.45) is 0. The van der Waals surface area contributed by atoms with Gasteiger partial charge >= 0.3 is 0 Å². The van der Waals surface area contributed by atoms with Crippen molar-refractivity contribution in [3.8, 4) is 39.1 Å². The van der Waals surface area contributed by atoms with Crippen LogP contribution >= 0.6 is 0 Å². The molecular formula is C62H40N2O. The largest absolute Gasteiger partial charge is 0.455 e. The molecule has 0 fully saturated rings. The highest BCUT2D eigenvalue weighted by molar-refractivity contribution is 6.18. The fourth-order valence-corrected chi connectivity index (χ4v) is 10.2. The maximum atomic E-state index is 6.95. The number of benzene rings is 11. The van der Waals surface area contributed by atoms with E-state index in [1.54, 1.807) is 0 Å². The Labute approximate surface area is 376 Å². The van der Waals surface area contributed by atoms with Crippen molar-refractivity contribution in [1.82, 2.24) is 4.57 Å². The van der Waals surface area contributed by atoms with Gasteiger partial charge in [-0.05, 0) is 87.4 Å². The highest BCUT2D eigenvalue weighted by Crippen LogP contribution is 2.46. The van der Waals surface area contributed by atoms with Crippen LogP contribution in [-0.2, 0) is 0 Å². The normalized spacial score (nSPS) is 11.7. The maximum Gasteiger partial charge on any atom is 0.143 e. The van der Waals surface area contributed by atoms with Crippen LogP contribution in [0.25, 0.3) is 104 Å². The van der Waals surface area contributed by atoms with Crippen molar-refractivity contribution in [3.05, 3.63) is 243 Å². The number of anilines is 3. The van der Waals surface area contributed by atoms with Crippen molar-refractivity contribution >= 4 is 82.4 Å². The molecule has 0 unspecified atom stereocenters. The molecule has 0 aliphatic carbocycles. The number of furan rings is 1. The summed E-state index contributed by atoms with van der Waals surface area (Å²) in [5.41, 5.74) is 15.3. The molecule has 3 heteroatoms. The second kappa shape index (κ2) is 15.0. The van der Waals surface area contributed by atoms with Crippen LogP contribution in [0, 0.1) is 0 Å². The number of nitrogens with zero attached hydrogens (tertiary/aromatic N) is 2. The van der Waals surface area contributed by atoms with Gasteiger partial charge in [-0.25, -0.2) is 0 Å². The van der Waals surface area contributed by atoms with Crippen molar-refractivity contribution in [3.63, 3.8) is 0 Å². The second-order valence-corrected chi connectivity index (χ2v) is 16.8. The minimum absolute atomic E-state index is 0.882. The highest BCUT2D eigenvalue weighted by atomic mass is 16.3. The number of fused-ring (bicyclic) bond motifs is 9. The summed E-state index contributed by atoms with van der Waals surface area (Å²) in [4.78, 5) is 2.41. The van der Waals surface area contributed by atoms with Gasteiger partial charge < -0.3 is 13.9 Å². The predicted molar refractivity (Wildman–Crippen MR) is 274 cm³/mol. The molecule has 11 aromatic carbocycles. The summed E-state index contributed by atoms with van der Waals surface area (Å²) in [6.45, 7) is 0. The van der Waals surface area contributed by atoms with Crippen LogP contribution in [0.5, 0.6) is 0 Å². The minimum Gasteiger partial charge on any atom is -0.455 e. The summed E-state index contributed by atoms with van der Waals surface area (Å²) in [5.74, 6) is 0. The second-order valence-electron chi connectivity index (χ2n) is 16.8. The molecule has 0 saturated heterocycles. The molecule has 0 N–H and O–H groups in total. The van der Waals surface area contributed by atoms with Crippen molar-refractivity contribution in [2.75, 3.05) is 4.90 Å². The molecule has 3 nitrogen and oxygen atoms in total. The first kappa shape index (κ1) is 36.9. The molecule has 0 atom stereocenters. The number of para-hydroxylation sites is 5. The Hall–Kier alpha value is -8.66. The summed E-state index contributed by atoms with van der Waals surface area (Å²) in [7, 11) is 0. The monoisotopic (exact) mass is 828 g/mol. The molecule has 13 aromatic rings. The smallest absolute Gasteiger partial charge is 0.143 e. The first-order chi connectivity index (χ1) is 32.3. The van der Waals surface area contributed by atoms with Crippen molar-refractivity contribution in [2.45, 2.75) is 0 Å². The number of hydrogen-bond donors (Lipinski definition) is 0. The van der Waals surface area contributed by atoms with Gasteiger partial charge in [0.1, 0.15) is 11.2 Å². The van der Waals surface area contributed by atoms with Crippen LogP contribution in [-0.4, -0.2) is 4.57 Å². The summed E-state index contributed by atoms with van der Waals surface area (Å²) in [5, 5.41) is 9.46. The molecule has 0 radical (unpaired) electrons. The van der Waals surface area contributed by atoms with Crippen molar-refractivity contribution in [2.24, 2.45) is 0 Å². The lowest BCUT2D eigenvalue weighted by molar-refractivity contribution is 0.674. The Morgan fingerprint density at radius 2 is 0.862 bits per heavy atom. The first-order valence-corrected chi connectivity index (χ1v) is 22.3. The third-order valence-electron chi connectivity index (χ3n) is 13.2. The summed E-state index contributed by atoms with van der Waals surface area (Å²) < 4.78 is 9.37. The minimum atomic E-state index is 0.882. The third-order valence-corrected chi connectivity index (χ3v) is 13.2. The van der Waals surface area contributed by atoms with E-state index in [2.05, 4.69) is 252 Å². The van der Waals surface area contributed by atoms with E-state index >= 15 is 0 Å². The van der Waals surface area contributed by atoms with E-state index in [1.165, 1.54) is 49.1 Å². The van der Waals surface area contributed by atoms with Crippen LogP contribution in [0.2, 0.25) is 0 Å². The van der Waals surface area contributed by atoms with Crippen molar-refractivity contribution in [1.29, 1.82) is 0 Å². The maximum absolute atomic E-state index is 6.95. The van der Waals surface area contributed by atoms with E-state index in [0.717, 1.165) is 72.3 Å². The van der Waals surface area contributed by atoms with Crippen molar-refractivity contribution < 1.29 is 4.42 Å². The quantitative estimate of drug-likeness (QED) is 0.160. The van der Waals surface area contributed by atoms with E-state index in [4.69, 9.17) is 4.42 Å². The van der Waals surface area contributed by atoms with Crippen LogP contribution in [0.3, 0.4) is 0 Å². The lowest BCUT2D eigenvalue weighted by Gasteiger charge is -2.28. The van der Waals surface area contributed by atoms with E-state index in [1.807, 2.05) is 0 Å². The summed E-state index contributed by atoms with van der Waals surface area (Å²) >= 11 is 0. The molecule has 304 valence electrons. The Bertz CT molecular complexity index is 3910. The zero-order valence-electron chi connectivity index (χ0n) is 35.4.